The molecule has 0 aromatic carbocycles. The molecule has 8 atom stereocenters. The first-order chi connectivity index (χ1) is 12.7. The van der Waals surface area contributed by atoms with Crippen LogP contribution < -0.4 is 0 Å². The summed E-state index contributed by atoms with van der Waals surface area (Å²) in [6.07, 6.45) is 3.02. The van der Waals surface area contributed by atoms with E-state index in [0.717, 1.165) is 12.8 Å². The second kappa shape index (κ2) is 4.95. The minimum Gasteiger partial charge on any atom is -0.469 e. The van der Waals surface area contributed by atoms with Crippen LogP contribution in [-0.2, 0) is 19.1 Å². The van der Waals surface area contributed by atoms with Crippen LogP contribution in [0.25, 0.3) is 0 Å². The molecule has 1 spiro atoms. The summed E-state index contributed by atoms with van der Waals surface area (Å²) < 4.78 is 10.9. The fourth-order valence-electron chi connectivity index (χ4n) is 8.30. The maximum absolute atomic E-state index is 13.1. The van der Waals surface area contributed by atoms with Crippen molar-refractivity contribution in [1.82, 2.24) is 0 Å². The van der Waals surface area contributed by atoms with Crippen LogP contribution in [0.2, 0.25) is 0 Å². The summed E-state index contributed by atoms with van der Waals surface area (Å²) in [5.41, 5.74) is -2.66. The van der Waals surface area contributed by atoms with E-state index in [-0.39, 0.29) is 29.2 Å². The van der Waals surface area contributed by atoms with Crippen LogP contribution in [-0.4, -0.2) is 47.6 Å². The Labute approximate surface area is 158 Å². The lowest BCUT2D eigenvalue weighted by atomic mass is 9.51. The van der Waals surface area contributed by atoms with Gasteiger partial charge in [0.1, 0.15) is 0 Å². The summed E-state index contributed by atoms with van der Waals surface area (Å²) in [7, 11) is 1.36. The van der Waals surface area contributed by atoms with Gasteiger partial charge in [-0.3, -0.25) is 9.59 Å². The lowest BCUT2D eigenvalue weighted by Gasteiger charge is -2.55. The minimum atomic E-state index is -1.15. The van der Waals surface area contributed by atoms with E-state index in [4.69, 9.17) is 9.47 Å². The van der Waals surface area contributed by atoms with E-state index in [1.165, 1.54) is 7.11 Å². The topological polar surface area (TPSA) is 93.1 Å². The highest BCUT2D eigenvalue weighted by Crippen LogP contribution is 2.79. The van der Waals surface area contributed by atoms with Crippen molar-refractivity contribution in [3.63, 3.8) is 0 Å². The van der Waals surface area contributed by atoms with Gasteiger partial charge in [0.2, 0.25) is 0 Å². The number of esters is 2. The molecule has 5 aliphatic rings. The van der Waals surface area contributed by atoms with Gasteiger partial charge in [-0.1, -0.05) is 13.0 Å². The van der Waals surface area contributed by atoms with Crippen molar-refractivity contribution in [3.05, 3.63) is 12.2 Å². The van der Waals surface area contributed by atoms with E-state index in [2.05, 4.69) is 6.58 Å². The summed E-state index contributed by atoms with van der Waals surface area (Å²) >= 11 is 0. The van der Waals surface area contributed by atoms with Crippen LogP contribution >= 0.6 is 0 Å². The van der Waals surface area contributed by atoms with E-state index < -0.39 is 28.5 Å². The molecule has 5 rings (SSSR count). The molecule has 0 aromatic heterocycles. The Bertz CT molecular complexity index is 762. The SMILES string of the molecule is C=C1[C@@H](O)[C@]23C[C@@]1(O)CC[C@H]2[C@@]12CCC[C@](C)(C(=O)OC1)[C@H]2[C@@H]3C(=O)OC. The summed E-state index contributed by atoms with van der Waals surface area (Å²) in [4.78, 5) is 26.0. The molecule has 6 heteroatoms. The molecule has 1 saturated heterocycles. The van der Waals surface area contributed by atoms with Crippen molar-refractivity contribution >= 4 is 11.9 Å². The third kappa shape index (κ3) is 1.68. The molecule has 0 amide bonds. The number of ether oxygens (including phenoxy) is 2. The number of aliphatic hydroxyl groups is 2. The first-order valence-corrected chi connectivity index (χ1v) is 10.0. The zero-order valence-corrected chi connectivity index (χ0v) is 16.0. The van der Waals surface area contributed by atoms with Gasteiger partial charge in [-0.2, -0.15) is 0 Å². The fourth-order valence-corrected chi connectivity index (χ4v) is 8.30. The molecule has 5 fully saturated rings. The lowest BCUT2D eigenvalue weighted by Crippen LogP contribution is -2.58. The summed E-state index contributed by atoms with van der Waals surface area (Å²) in [6, 6.07) is 0. The van der Waals surface area contributed by atoms with Gasteiger partial charge in [0.25, 0.3) is 0 Å². The molecular formula is C21H28O6. The van der Waals surface area contributed by atoms with Gasteiger partial charge in [-0.05, 0) is 56.4 Å². The molecular weight excluding hydrogens is 348 g/mol. The van der Waals surface area contributed by atoms with E-state index in [9.17, 15) is 19.8 Å². The molecule has 4 aliphatic carbocycles. The molecule has 4 saturated carbocycles. The van der Waals surface area contributed by atoms with Crippen molar-refractivity contribution in [1.29, 1.82) is 0 Å². The van der Waals surface area contributed by atoms with Gasteiger partial charge in [0.15, 0.2) is 0 Å². The van der Waals surface area contributed by atoms with Crippen LogP contribution in [0.3, 0.4) is 0 Å². The summed E-state index contributed by atoms with van der Waals surface area (Å²) in [6.45, 7) is 6.22. The first kappa shape index (κ1) is 17.7. The molecule has 0 aromatic rings. The van der Waals surface area contributed by atoms with Crippen LogP contribution in [0.15, 0.2) is 12.2 Å². The highest BCUT2D eigenvalue weighted by molar-refractivity contribution is 5.83. The third-order valence-electron chi connectivity index (χ3n) is 9.17. The predicted molar refractivity (Wildman–Crippen MR) is 94.2 cm³/mol. The molecule has 6 nitrogen and oxygen atoms in total. The lowest BCUT2D eigenvalue weighted by molar-refractivity contribution is -0.201. The van der Waals surface area contributed by atoms with Gasteiger partial charge in [-0.15, -0.1) is 0 Å². The third-order valence-corrected chi connectivity index (χ3v) is 9.17. The highest BCUT2D eigenvalue weighted by Gasteiger charge is 2.82. The van der Waals surface area contributed by atoms with Crippen LogP contribution in [0.1, 0.15) is 45.4 Å². The van der Waals surface area contributed by atoms with Crippen LogP contribution in [0, 0.1) is 34.0 Å². The van der Waals surface area contributed by atoms with Gasteiger partial charge in [-0.25, -0.2) is 0 Å². The number of hydrogen-bond donors (Lipinski definition) is 2. The van der Waals surface area contributed by atoms with E-state index in [0.29, 0.717) is 37.9 Å². The number of aliphatic hydroxyl groups excluding tert-OH is 1. The maximum atomic E-state index is 13.1. The zero-order valence-electron chi connectivity index (χ0n) is 16.0. The molecule has 148 valence electrons. The quantitative estimate of drug-likeness (QED) is 0.533. The number of cyclic esters (lactones) is 1. The van der Waals surface area contributed by atoms with Crippen molar-refractivity contribution in [3.8, 4) is 0 Å². The second-order valence-electron chi connectivity index (χ2n) is 9.90. The molecule has 0 unspecified atom stereocenters. The van der Waals surface area contributed by atoms with Gasteiger partial charge in [0, 0.05) is 10.8 Å². The minimum absolute atomic E-state index is 0.00125. The van der Waals surface area contributed by atoms with E-state index >= 15 is 0 Å². The number of methoxy groups -OCH3 is 1. The molecule has 2 N–H and O–H groups in total. The Morgan fingerprint density at radius 3 is 2.78 bits per heavy atom. The number of rotatable bonds is 1. The Kier molecular flexibility index (Phi) is 3.24. The fraction of sp³-hybridized carbons (Fsp3) is 0.810. The average Bonchev–Trinajstić information content (AvgIpc) is 2.99. The maximum Gasteiger partial charge on any atom is 0.312 e. The first-order valence-electron chi connectivity index (χ1n) is 10.0. The normalized spacial score (nSPS) is 55.6. The monoisotopic (exact) mass is 376 g/mol. The molecule has 1 aliphatic heterocycles. The van der Waals surface area contributed by atoms with E-state index in [1.54, 1.807) is 0 Å². The molecule has 1 heterocycles. The van der Waals surface area contributed by atoms with Crippen molar-refractivity contribution < 1.29 is 29.3 Å². The number of hydrogen-bond acceptors (Lipinski definition) is 6. The smallest absolute Gasteiger partial charge is 0.312 e. The summed E-state index contributed by atoms with van der Waals surface area (Å²) in [5.74, 6) is -1.49. The van der Waals surface area contributed by atoms with Crippen LogP contribution in [0.4, 0.5) is 0 Å². The largest absolute Gasteiger partial charge is 0.469 e. The van der Waals surface area contributed by atoms with Gasteiger partial charge >= 0.3 is 11.9 Å². The number of fused-ring (bicyclic) bond motifs is 1. The van der Waals surface area contributed by atoms with E-state index in [1.807, 2.05) is 6.92 Å². The molecule has 27 heavy (non-hydrogen) atoms. The molecule has 4 bridgehead atoms. The summed E-state index contributed by atoms with van der Waals surface area (Å²) in [5, 5.41) is 22.5. The Balaban J connectivity index is 1.78. The van der Waals surface area contributed by atoms with Crippen molar-refractivity contribution in [2.45, 2.75) is 57.2 Å². The highest BCUT2D eigenvalue weighted by atomic mass is 16.5. The zero-order chi connectivity index (χ0) is 19.4. The average molecular weight is 376 g/mol. The Morgan fingerprint density at radius 2 is 2.07 bits per heavy atom. The number of carbonyl (C=O) groups is 2. The van der Waals surface area contributed by atoms with Gasteiger partial charge < -0.3 is 19.7 Å². The number of carbonyl (C=O) groups excluding carboxylic acids is 2. The Morgan fingerprint density at radius 1 is 1.33 bits per heavy atom. The molecule has 0 radical (unpaired) electrons. The Hall–Kier alpha value is -1.40. The van der Waals surface area contributed by atoms with Crippen molar-refractivity contribution in [2.75, 3.05) is 13.7 Å². The van der Waals surface area contributed by atoms with Gasteiger partial charge in [0.05, 0.1) is 36.8 Å². The van der Waals surface area contributed by atoms with Crippen LogP contribution in [0.5, 0.6) is 0 Å². The standard InChI is InChI=1S/C21H28O6/c1-11-15(22)21-9-20(11,25)8-5-12(21)19-7-4-6-18(2,17(24)27-10-19)14(19)13(21)16(23)26-3/h12-15,22,25H,1,4-10H2,2-3H3/t12-,13+,14+,15+,18-,19+,20-,21+/m0/s1. The predicted octanol–water partition coefficient (Wildman–Crippen LogP) is 1.59. The van der Waals surface area contributed by atoms with Crippen molar-refractivity contribution in [2.24, 2.45) is 34.0 Å². The second-order valence-corrected chi connectivity index (χ2v) is 9.90.